The molecule has 2 aromatic rings. The normalized spacial score (nSPS) is 10.5. The molecule has 0 aliphatic rings. The van der Waals surface area contributed by atoms with Crippen molar-refractivity contribution < 1.29 is 23.9 Å². The van der Waals surface area contributed by atoms with E-state index >= 15 is 0 Å². The number of amides is 1. The molecule has 2 N–H and O–H groups in total. The molecule has 1 amide bonds. The fourth-order valence-corrected chi connectivity index (χ4v) is 2.79. The predicted octanol–water partition coefficient (Wildman–Crippen LogP) is 4.10. The number of rotatable bonds is 12. The second-order valence-electron chi connectivity index (χ2n) is 6.75. The third-order valence-electron chi connectivity index (χ3n) is 4.30. The molecule has 0 saturated heterocycles. The molecule has 0 unspecified atom stereocenters. The lowest BCUT2D eigenvalue weighted by atomic mass is 10.2. The largest absolute Gasteiger partial charge is 0.492 e. The third kappa shape index (κ3) is 6.43. The maximum atomic E-state index is 12.8. The van der Waals surface area contributed by atoms with Crippen molar-refractivity contribution in [2.24, 2.45) is 0 Å². The summed E-state index contributed by atoms with van der Waals surface area (Å²) in [4.78, 5) is 33.3. The highest BCUT2D eigenvalue weighted by Crippen LogP contribution is 2.37. The lowest BCUT2D eigenvalue weighted by Gasteiger charge is -2.23. The first-order valence-electron chi connectivity index (χ1n) is 10.5. The zero-order valence-corrected chi connectivity index (χ0v) is 18.6. The summed E-state index contributed by atoms with van der Waals surface area (Å²) in [5.74, 6) is 0.179. The van der Waals surface area contributed by atoms with Gasteiger partial charge in [-0.2, -0.15) is 4.98 Å². The van der Waals surface area contributed by atoms with Crippen LogP contribution >= 0.6 is 0 Å². The topological polar surface area (TPSA) is 143 Å². The Hall–Kier alpha value is -3.63. The van der Waals surface area contributed by atoms with E-state index in [1.165, 1.54) is 6.07 Å². The minimum absolute atomic E-state index is 0.0744. The third-order valence-corrected chi connectivity index (χ3v) is 4.30. The van der Waals surface area contributed by atoms with Crippen LogP contribution < -0.4 is 20.1 Å². The lowest BCUT2D eigenvalue weighted by molar-refractivity contribution is -0.383. The van der Waals surface area contributed by atoms with Gasteiger partial charge in [-0.15, -0.1) is 0 Å². The Bertz CT molecular complexity index is 924. The van der Waals surface area contributed by atoms with Gasteiger partial charge in [-0.3, -0.25) is 20.0 Å². The van der Waals surface area contributed by atoms with E-state index in [0.717, 1.165) is 24.2 Å². The van der Waals surface area contributed by atoms with Crippen molar-refractivity contribution in [2.75, 3.05) is 30.5 Å². The number of carbonyl (C=O) groups is 1. The number of nitrogens with two attached hydrogens (primary N) is 1. The van der Waals surface area contributed by atoms with Crippen LogP contribution in [0.3, 0.4) is 0 Å². The van der Waals surface area contributed by atoms with Crippen LogP contribution in [0.15, 0.2) is 24.4 Å². The molecule has 2 aromatic heterocycles. The molecule has 0 fully saturated rings. The summed E-state index contributed by atoms with van der Waals surface area (Å²) in [6, 6.07) is 4.74. The van der Waals surface area contributed by atoms with Crippen molar-refractivity contribution in [2.45, 2.75) is 46.6 Å². The van der Waals surface area contributed by atoms with Crippen LogP contribution in [-0.4, -0.2) is 40.8 Å². The molecule has 174 valence electrons. The van der Waals surface area contributed by atoms with Gasteiger partial charge in [0.05, 0.1) is 31.3 Å². The van der Waals surface area contributed by atoms with Crippen LogP contribution in [0, 0.1) is 10.1 Å². The van der Waals surface area contributed by atoms with Crippen molar-refractivity contribution in [1.29, 1.82) is 0 Å². The van der Waals surface area contributed by atoms with Gasteiger partial charge in [0.1, 0.15) is 17.1 Å². The number of anilines is 2. The number of nitrogens with zero attached hydrogens (tertiary/aromatic N) is 4. The number of hydrogen-bond donors (Lipinski definition) is 1. The molecule has 0 atom stereocenters. The van der Waals surface area contributed by atoms with Gasteiger partial charge in [-0.1, -0.05) is 20.3 Å². The lowest BCUT2D eigenvalue weighted by Crippen LogP contribution is -2.32. The zero-order chi connectivity index (χ0) is 23.5. The number of aromatic nitrogens is 2. The number of unbranched alkanes of at least 4 members (excludes halogenated alkanes) is 1. The molecule has 0 aliphatic carbocycles. The molecule has 0 saturated carbocycles. The van der Waals surface area contributed by atoms with E-state index in [1.54, 1.807) is 25.3 Å². The van der Waals surface area contributed by atoms with E-state index in [2.05, 4.69) is 9.97 Å². The van der Waals surface area contributed by atoms with Crippen LogP contribution in [0.4, 0.5) is 22.0 Å². The molecule has 0 radical (unpaired) electrons. The molecule has 11 nitrogen and oxygen atoms in total. The summed E-state index contributed by atoms with van der Waals surface area (Å²) in [6.07, 6.45) is 3.19. The minimum atomic E-state index is -0.798. The smallest absolute Gasteiger partial charge is 0.414 e. The van der Waals surface area contributed by atoms with E-state index in [1.807, 2.05) is 13.8 Å². The summed E-state index contributed by atoms with van der Waals surface area (Å²) in [5.41, 5.74) is 5.67. The summed E-state index contributed by atoms with van der Waals surface area (Å²) in [7, 11) is 0. The monoisotopic (exact) mass is 447 g/mol. The SMILES string of the molecule is CCCCOc1cc(N(Cc2ncccc2OCCC)C(=O)OCC)c([N+](=O)[O-])c(N)n1. The van der Waals surface area contributed by atoms with Crippen LogP contribution in [0.2, 0.25) is 0 Å². The van der Waals surface area contributed by atoms with Crippen LogP contribution in [-0.2, 0) is 11.3 Å². The number of pyridine rings is 2. The Morgan fingerprint density at radius 1 is 1.22 bits per heavy atom. The van der Waals surface area contributed by atoms with Gasteiger partial charge in [0.2, 0.25) is 11.7 Å². The van der Waals surface area contributed by atoms with Crippen molar-refractivity contribution >= 4 is 23.3 Å². The second-order valence-corrected chi connectivity index (χ2v) is 6.75. The number of carbonyl (C=O) groups excluding carboxylic acids is 1. The summed E-state index contributed by atoms with van der Waals surface area (Å²) in [6.45, 7) is 6.35. The highest BCUT2D eigenvalue weighted by atomic mass is 16.6. The Morgan fingerprint density at radius 3 is 2.66 bits per heavy atom. The highest BCUT2D eigenvalue weighted by molar-refractivity contribution is 5.92. The predicted molar refractivity (Wildman–Crippen MR) is 119 cm³/mol. The average Bonchev–Trinajstić information content (AvgIpc) is 2.76. The van der Waals surface area contributed by atoms with Gasteiger partial charge >= 0.3 is 11.8 Å². The molecular weight excluding hydrogens is 418 g/mol. The van der Waals surface area contributed by atoms with Gasteiger partial charge in [-0.25, -0.2) is 4.79 Å². The van der Waals surface area contributed by atoms with Gasteiger partial charge in [-0.05, 0) is 31.9 Å². The van der Waals surface area contributed by atoms with Crippen LogP contribution in [0.1, 0.15) is 45.7 Å². The van der Waals surface area contributed by atoms with Gasteiger partial charge < -0.3 is 19.9 Å². The number of nitro groups is 1. The van der Waals surface area contributed by atoms with Gasteiger partial charge in [0, 0.05) is 12.3 Å². The molecule has 0 aliphatic heterocycles. The highest BCUT2D eigenvalue weighted by Gasteiger charge is 2.31. The first kappa shape index (κ1) is 24.6. The van der Waals surface area contributed by atoms with E-state index in [9.17, 15) is 14.9 Å². The number of hydrogen-bond acceptors (Lipinski definition) is 9. The molecule has 32 heavy (non-hydrogen) atoms. The minimum Gasteiger partial charge on any atom is -0.492 e. The van der Waals surface area contributed by atoms with Crippen molar-refractivity contribution in [3.8, 4) is 11.6 Å². The Morgan fingerprint density at radius 2 is 2.00 bits per heavy atom. The summed E-state index contributed by atoms with van der Waals surface area (Å²) < 4.78 is 16.5. The van der Waals surface area contributed by atoms with Crippen molar-refractivity contribution in [3.63, 3.8) is 0 Å². The summed E-state index contributed by atoms with van der Waals surface area (Å²) in [5, 5.41) is 11.8. The van der Waals surface area contributed by atoms with Gasteiger partial charge in [0.15, 0.2) is 0 Å². The quantitative estimate of drug-likeness (QED) is 0.289. The maximum Gasteiger partial charge on any atom is 0.414 e. The standard InChI is InChI=1S/C21H29N5O6/c1-4-7-12-32-18-13-16(19(26(28)29)20(22)24-18)25(21(27)30-6-3)14-15-17(31-11-5-2)9-8-10-23-15/h8-10,13H,4-7,11-12,14H2,1-3H3,(H2,22,24). The fourth-order valence-electron chi connectivity index (χ4n) is 2.79. The molecule has 2 rings (SSSR count). The van der Waals surface area contributed by atoms with E-state index < -0.39 is 16.7 Å². The molecule has 11 heteroatoms. The van der Waals surface area contributed by atoms with Crippen LogP contribution in [0.5, 0.6) is 11.6 Å². The van der Waals surface area contributed by atoms with Crippen molar-refractivity contribution in [3.05, 3.63) is 40.2 Å². The first-order chi connectivity index (χ1) is 15.4. The second kappa shape index (κ2) is 12.3. The number of ether oxygens (including phenoxy) is 3. The van der Waals surface area contributed by atoms with E-state index in [0.29, 0.717) is 24.7 Å². The number of nitrogen functional groups attached to an aromatic ring is 1. The molecule has 0 aromatic carbocycles. The Kier molecular flexibility index (Phi) is 9.45. The average molecular weight is 447 g/mol. The van der Waals surface area contributed by atoms with Crippen LogP contribution in [0.25, 0.3) is 0 Å². The summed E-state index contributed by atoms with van der Waals surface area (Å²) >= 11 is 0. The molecule has 2 heterocycles. The molecule has 0 spiro atoms. The van der Waals surface area contributed by atoms with Gasteiger partial charge in [0.25, 0.3) is 0 Å². The molecular formula is C21H29N5O6. The Balaban J connectivity index is 2.54. The van der Waals surface area contributed by atoms with E-state index in [4.69, 9.17) is 19.9 Å². The first-order valence-corrected chi connectivity index (χ1v) is 10.5. The fraction of sp³-hybridized carbons (Fsp3) is 0.476. The Labute approximate surface area is 186 Å². The molecule has 0 bridgehead atoms. The van der Waals surface area contributed by atoms with Crippen molar-refractivity contribution in [1.82, 2.24) is 9.97 Å². The van der Waals surface area contributed by atoms with E-state index in [-0.39, 0.29) is 30.5 Å². The maximum absolute atomic E-state index is 12.8. The zero-order valence-electron chi connectivity index (χ0n) is 18.6.